The normalized spacial score (nSPS) is 25.1. The summed E-state index contributed by atoms with van der Waals surface area (Å²) in [6.45, 7) is 4.48. The summed E-state index contributed by atoms with van der Waals surface area (Å²) in [6.07, 6.45) is 1.03. The highest BCUT2D eigenvalue weighted by Crippen LogP contribution is 2.11. The van der Waals surface area contributed by atoms with Gasteiger partial charge in [0.15, 0.2) is 0 Å². The van der Waals surface area contributed by atoms with Gasteiger partial charge in [-0.15, -0.1) is 0 Å². The van der Waals surface area contributed by atoms with E-state index in [1.807, 2.05) is 13.8 Å². The van der Waals surface area contributed by atoms with E-state index >= 15 is 0 Å². The summed E-state index contributed by atoms with van der Waals surface area (Å²) in [5, 5.41) is 14.7. The Hall–Kier alpha value is -1.14. The summed E-state index contributed by atoms with van der Waals surface area (Å²) in [6, 6.07) is -1.18. The molecule has 1 rings (SSSR count). The van der Waals surface area contributed by atoms with Crippen LogP contribution in [0.2, 0.25) is 0 Å². The quantitative estimate of drug-likeness (QED) is 0.623. The maximum absolute atomic E-state index is 11.9. The molecule has 104 valence electrons. The van der Waals surface area contributed by atoms with Crippen molar-refractivity contribution in [3.8, 4) is 0 Å². The van der Waals surface area contributed by atoms with E-state index in [0.717, 1.165) is 0 Å². The molecule has 1 fully saturated rings. The first-order chi connectivity index (χ1) is 8.43. The van der Waals surface area contributed by atoms with Gasteiger partial charge in [0.1, 0.15) is 6.04 Å². The highest BCUT2D eigenvalue weighted by Gasteiger charge is 2.31. The van der Waals surface area contributed by atoms with Crippen molar-refractivity contribution < 1.29 is 19.4 Å². The summed E-state index contributed by atoms with van der Waals surface area (Å²) in [5.41, 5.74) is 0. The maximum Gasteiger partial charge on any atom is 0.326 e. The molecule has 0 bridgehead atoms. The van der Waals surface area contributed by atoms with Crippen LogP contribution in [0, 0.1) is 5.92 Å². The number of amides is 1. The van der Waals surface area contributed by atoms with Crippen molar-refractivity contribution in [2.75, 3.05) is 13.7 Å². The minimum atomic E-state index is -0.988. The van der Waals surface area contributed by atoms with E-state index in [2.05, 4.69) is 10.6 Å². The molecule has 1 aliphatic heterocycles. The zero-order chi connectivity index (χ0) is 13.7. The molecule has 0 aliphatic carbocycles. The van der Waals surface area contributed by atoms with Crippen molar-refractivity contribution in [1.29, 1.82) is 0 Å². The molecule has 2 unspecified atom stereocenters. The van der Waals surface area contributed by atoms with Gasteiger partial charge in [-0.2, -0.15) is 0 Å². The van der Waals surface area contributed by atoms with Gasteiger partial charge < -0.3 is 20.5 Å². The van der Waals surface area contributed by atoms with Gasteiger partial charge in [0.25, 0.3) is 0 Å². The van der Waals surface area contributed by atoms with Crippen LogP contribution in [0.3, 0.4) is 0 Å². The summed E-state index contributed by atoms with van der Waals surface area (Å²) >= 11 is 0. The minimum absolute atomic E-state index is 0.0223. The smallest absolute Gasteiger partial charge is 0.326 e. The third-order valence-electron chi connectivity index (χ3n) is 3.06. The van der Waals surface area contributed by atoms with Gasteiger partial charge in [-0.25, -0.2) is 4.79 Å². The Kier molecular flexibility index (Phi) is 5.55. The van der Waals surface area contributed by atoms with Crippen molar-refractivity contribution in [3.05, 3.63) is 0 Å². The number of carboxylic acids is 1. The fraction of sp³-hybridized carbons (Fsp3) is 0.833. The molecule has 1 aliphatic rings. The predicted molar refractivity (Wildman–Crippen MR) is 66.2 cm³/mol. The molecule has 0 saturated carbocycles. The lowest BCUT2D eigenvalue weighted by Gasteiger charge is -2.19. The van der Waals surface area contributed by atoms with Gasteiger partial charge in [-0.05, 0) is 18.8 Å². The van der Waals surface area contributed by atoms with Crippen LogP contribution in [-0.4, -0.2) is 48.8 Å². The van der Waals surface area contributed by atoms with Crippen LogP contribution in [-0.2, 0) is 14.3 Å². The fourth-order valence-electron chi connectivity index (χ4n) is 2.05. The maximum atomic E-state index is 11.9. The molecule has 0 aromatic rings. The Morgan fingerprint density at radius 1 is 1.50 bits per heavy atom. The molecule has 0 aromatic heterocycles. The van der Waals surface area contributed by atoms with Crippen LogP contribution in [0.25, 0.3) is 0 Å². The number of ether oxygens (including phenoxy) is 1. The molecule has 1 heterocycles. The zero-order valence-corrected chi connectivity index (χ0v) is 11.1. The number of aliphatic carboxylic acids is 1. The molecule has 18 heavy (non-hydrogen) atoms. The molecule has 1 amide bonds. The molecule has 0 spiro atoms. The van der Waals surface area contributed by atoms with Crippen molar-refractivity contribution in [3.63, 3.8) is 0 Å². The van der Waals surface area contributed by atoms with Crippen LogP contribution in [0.1, 0.15) is 26.7 Å². The Labute approximate surface area is 107 Å². The van der Waals surface area contributed by atoms with Gasteiger partial charge in [0, 0.05) is 13.7 Å². The second-order valence-corrected chi connectivity index (χ2v) is 5.08. The molecule has 0 aromatic carbocycles. The monoisotopic (exact) mass is 258 g/mol. The Morgan fingerprint density at radius 3 is 2.61 bits per heavy atom. The molecule has 1 saturated heterocycles. The number of methoxy groups -OCH3 is 1. The first-order valence-electron chi connectivity index (χ1n) is 6.23. The Bertz CT molecular complexity index is 306. The molecule has 3 atom stereocenters. The Morgan fingerprint density at radius 2 is 2.17 bits per heavy atom. The summed E-state index contributed by atoms with van der Waals surface area (Å²) < 4.78 is 5.15. The van der Waals surface area contributed by atoms with Crippen molar-refractivity contribution in [1.82, 2.24) is 10.6 Å². The molecule has 6 heteroatoms. The SMILES string of the molecule is COC1CNC(C(=O)N[C@H](CC(C)C)C(=O)O)C1. The standard InChI is InChI=1S/C12H22N2O4/c1-7(2)4-10(12(16)17)14-11(15)9-5-8(18-3)6-13-9/h7-10,13H,4-6H2,1-3H3,(H,14,15)(H,16,17)/t8?,9?,10-/m1/s1. The molecule has 0 radical (unpaired) electrons. The fourth-order valence-corrected chi connectivity index (χ4v) is 2.05. The van der Waals surface area contributed by atoms with E-state index in [9.17, 15) is 9.59 Å². The molecular weight excluding hydrogens is 236 g/mol. The summed E-state index contributed by atoms with van der Waals surface area (Å²) in [7, 11) is 1.60. The number of rotatable bonds is 6. The highest BCUT2D eigenvalue weighted by molar-refractivity contribution is 5.87. The van der Waals surface area contributed by atoms with E-state index in [1.54, 1.807) is 7.11 Å². The lowest BCUT2D eigenvalue weighted by atomic mass is 10.0. The molecular formula is C12H22N2O4. The van der Waals surface area contributed by atoms with Gasteiger partial charge in [0.2, 0.25) is 5.91 Å². The van der Waals surface area contributed by atoms with Gasteiger partial charge >= 0.3 is 5.97 Å². The number of nitrogens with one attached hydrogen (secondary N) is 2. The van der Waals surface area contributed by atoms with Crippen LogP contribution in [0.15, 0.2) is 0 Å². The van der Waals surface area contributed by atoms with Gasteiger partial charge in [-0.1, -0.05) is 13.8 Å². The predicted octanol–water partition coefficient (Wildman–Crippen LogP) is -0.0212. The zero-order valence-electron chi connectivity index (χ0n) is 11.1. The highest BCUT2D eigenvalue weighted by atomic mass is 16.5. The van der Waals surface area contributed by atoms with Crippen LogP contribution in [0.5, 0.6) is 0 Å². The molecule has 3 N–H and O–H groups in total. The first-order valence-corrected chi connectivity index (χ1v) is 6.23. The first kappa shape index (κ1) is 14.9. The van der Waals surface area contributed by atoms with Crippen molar-refractivity contribution in [2.45, 2.75) is 44.9 Å². The van der Waals surface area contributed by atoms with Gasteiger partial charge in [0.05, 0.1) is 12.1 Å². The number of hydrogen-bond acceptors (Lipinski definition) is 4. The largest absolute Gasteiger partial charge is 0.480 e. The second kappa shape index (κ2) is 6.70. The van der Waals surface area contributed by atoms with Crippen LogP contribution < -0.4 is 10.6 Å². The van der Waals surface area contributed by atoms with E-state index in [-0.39, 0.29) is 24.0 Å². The minimum Gasteiger partial charge on any atom is -0.480 e. The van der Waals surface area contributed by atoms with E-state index < -0.39 is 12.0 Å². The number of carbonyl (C=O) groups is 2. The third kappa shape index (κ3) is 4.27. The van der Waals surface area contributed by atoms with E-state index in [1.165, 1.54) is 0 Å². The lowest BCUT2D eigenvalue weighted by molar-refractivity contribution is -0.142. The lowest BCUT2D eigenvalue weighted by Crippen LogP contribution is -2.48. The molecule has 6 nitrogen and oxygen atoms in total. The van der Waals surface area contributed by atoms with Crippen molar-refractivity contribution in [2.24, 2.45) is 5.92 Å². The number of carbonyl (C=O) groups excluding carboxylic acids is 1. The third-order valence-corrected chi connectivity index (χ3v) is 3.06. The van der Waals surface area contributed by atoms with Gasteiger partial charge in [-0.3, -0.25) is 4.79 Å². The van der Waals surface area contributed by atoms with E-state index in [0.29, 0.717) is 19.4 Å². The average molecular weight is 258 g/mol. The topological polar surface area (TPSA) is 87.7 Å². The summed E-state index contributed by atoms with van der Waals surface area (Å²) in [5.74, 6) is -1.03. The van der Waals surface area contributed by atoms with Crippen molar-refractivity contribution >= 4 is 11.9 Å². The summed E-state index contributed by atoms with van der Waals surface area (Å²) in [4.78, 5) is 23.0. The van der Waals surface area contributed by atoms with Crippen LogP contribution in [0.4, 0.5) is 0 Å². The average Bonchev–Trinajstić information content (AvgIpc) is 2.75. The number of hydrogen-bond donors (Lipinski definition) is 3. The number of carboxylic acid groups (broad SMARTS) is 1. The second-order valence-electron chi connectivity index (χ2n) is 5.08. The van der Waals surface area contributed by atoms with E-state index in [4.69, 9.17) is 9.84 Å². The Balaban J connectivity index is 2.49. The van der Waals surface area contributed by atoms with Crippen LogP contribution >= 0.6 is 0 Å².